The summed E-state index contributed by atoms with van der Waals surface area (Å²) in [6, 6.07) is 16.3. The molecule has 28 heavy (non-hydrogen) atoms. The van der Waals surface area contributed by atoms with E-state index >= 15 is 0 Å². The second-order valence-electron chi connectivity index (χ2n) is 6.99. The van der Waals surface area contributed by atoms with Gasteiger partial charge in [0.25, 0.3) is 0 Å². The molecule has 0 fully saturated rings. The van der Waals surface area contributed by atoms with Gasteiger partial charge in [-0.2, -0.15) is 0 Å². The van der Waals surface area contributed by atoms with Crippen molar-refractivity contribution in [3.8, 4) is 5.75 Å². The topological polar surface area (TPSA) is 56.2 Å². The fraction of sp³-hybridized carbons (Fsp3) is 0.391. The monoisotopic (exact) mass is 379 g/mol. The van der Waals surface area contributed by atoms with Gasteiger partial charge < -0.3 is 14.6 Å². The summed E-state index contributed by atoms with van der Waals surface area (Å²) in [4.78, 5) is 16.5. The zero-order valence-electron chi connectivity index (χ0n) is 16.8. The zero-order chi connectivity index (χ0) is 19.8. The van der Waals surface area contributed by atoms with Gasteiger partial charge in [-0.25, -0.2) is 4.98 Å². The van der Waals surface area contributed by atoms with Gasteiger partial charge in [0.15, 0.2) is 0 Å². The average molecular weight is 380 g/mol. The van der Waals surface area contributed by atoms with E-state index in [0.29, 0.717) is 19.6 Å². The number of carbonyl (C=O) groups is 1. The number of nitrogens with zero attached hydrogens (tertiary/aromatic N) is 2. The number of imidazole rings is 1. The van der Waals surface area contributed by atoms with Gasteiger partial charge in [0.05, 0.1) is 17.6 Å². The number of hydrogen-bond acceptors (Lipinski definition) is 3. The Morgan fingerprint density at radius 3 is 2.75 bits per heavy atom. The van der Waals surface area contributed by atoms with Gasteiger partial charge in [-0.3, -0.25) is 4.79 Å². The minimum absolute atomic E-state index is 0.108. The summed E-state index contributed by atoms with van der Waals surface area (Å²) in [5, 5.41) is 2.98. The predicted octanol–water partition coefficient (Wildman–Crippen LogP) is 4.27. The molecule has 0 bridgehead atoms. The molecule has 1 aromatic heterocycles. The van der Waals surface area contributed by atoms with Gasteiger partial charge in [-0.05, 0) is 43.5 Å². The molecule has 0 aliphatic rings. The van der Waals surface area contributed by atoms with Gasteiger partial charge in [-0.15, -0.1) is 0 Å². The first-order chi connectivity index (χ1) is 13.7. The number of para-hydroxylation sites is 3. The van der Waals surface area contributed by atoms with Gasteiger partial charge in [0, 0.05) is 25.9 Å². The molecule has 0 aliphatic heterocycles. The van der Waals surface area contributed by atoms with E-state index < -0.39 is 0 Å². The van der Waals surface area contributed by atoms with Gasteiger partial charge in [-0.1, -0.05) is 37.3 Å². The van der Waals surface area contributed by atoms with Crippen LogP contribution in [0, 0.1) is 6.92 Å². The lowest BCUT2D eigenvalue weighted by Crippen LogP contribution is -2.26. The largest absolute Gasteiger partial charge is 0.493 e. The van der Waals surface area contributed by atoms with E-state index in [1.807, 2.05) is 43.3 Å². The Kier molecular flexibility index (Phi) is 7.06. The summed E-state index contributed by atoms with van der Waals surface area (Å²) in [5.74, 6) is 2.06. The molecular formula is C23H29N3O2. The summed E-state index contributed by atoms with van der Waals surface area (Å²) in [7, 11) is 0. The second kappa shape index (κ2) is 9.93. The minimum Gasteiger partial charge on any atom is -0.493 e. The molecule has 0 radical (unpaired) electrons. The Labute approximate surface area is 166 Å². The lowest BCUT2D eigenvalue weighted by molar-refractivity contribution is -0.121. The van der Waals surface area contributed by atoms with E-state index in [4.69, 9.17) is 9.72 Å². The van der Waals surface area contributed by atoms with Crippen molar-refractivity contribution in [2.45, 2.75) is 46.1 Å². The van der Waals surface area contributed by atoms with Crippen LogP contribution in [0.1, 0.15) is 37.6 Å². The molecule has 0 unspecified atom stereocenters. The highest BCUT2D eigenvalue weighted by atomic mass is 16.5. The van der Waals surface area contributed by atoms with Crippen LogP contribution >= 0.6 is 0 Å². The van der Waals surface area contributed by atoms with E-state index in [1.165, 1.54) is 0 Å². The van der Waals surface area contributed by atoms with Crippen LogP contribution < -0.4 is 10.1 Å². The maximum atomic E-state index is 11.7. The number of aryl methyl sites for hydroxylation is 2. The van der Waals surface area contributed by atoms with Crippen molar-refractivity contribution < 1.29 is 9.53 Å². The third kappa shape index (κ3) is 5.12. The molecule has 1 amide bonds. The summed E-state index contributed by atoms with van der Waals surface area (Å²) in [6.07, 6.45) is 3.06. The van der Waals surface area contributed by atoms with Crippen molar-refractivity contribution >= 4 is 16.9 Å². The summed E-state index contributed by atoms with van der Waals surface area (Å²) in [5.41, 5.74) is 3.28. The number of fused-ring (bicyclic) bond motifs is 1. The molecule has 0 saturated carbocycles. The first-order valence-corrected chi connectivity index (χ1v) is 10.1. The number of amides is 1. The van der Waals surface area contributed by atoms with Gasteiger partial charge in [0.2, 0.25) is 5.91 Å². The number of aromatic nitrogens is 2. The highest BCUT2D eigenvalue weighted by Crippen LogP contribution is 2.19. The first kappa shape index (κ1) is 19.9. The van der Waals surface area contributed by atoms with Crippen molar-refractivity contribution in [1.82, 2.24) is 14.9 Å². The van der Waals surface area contributed by atoms with E-state index in [1.54, 1.807) is 0 Å². The third-order valence-electron chi connectivity index (χ3n) is 4.76. The quantitative estimate of drug-likeness (QED) is 0.535. The molecule has 1 heterocycles. The van der Waals surface area contributed by atoms with Crippen molar-refractivity contribution in [3.63, 3.8) is 0 Å². The molecule has 0 saturated heterocycles. The number of benzene rings is 2. The third-order valence-corrected chi connectivity index (χ3v) is 4.76. The fourth-order valence-electron chi connectivity index (χ4n) is 3.32. The molecule has 0 spiro atoms. The van der Waals surface area contributed by atoms with E-state index in [2.05, 4.69) is 28.9 Å². The second-order valence-corrected chi connectivity index (χ2v) is 6.99. The summed E-state index contributed by atoms with van der Waals surface area (Å²) < 4.78 is 8.19. The highest BCUT2D eigenvalue weighted by Gasteiger charge is 2.11. The summed E-state index contributed by atoms with van der Waals surface area (Å²) in [6.45, 7) is 6.18. The smallest absolute Gasteiger partial charge is 0.219 e. The van der Waals surface area contributed by atoms with Crippen LogP contribution in [0.2, 0.25) is 0 Å². The molecule has 1 N–H and O–H groups in total. The number of rotatable bonds is 10. The fourth-order valence-corrected chi connectivity index (χ4v) is 3.32. The Bertz CT molecular complexity index is 917. The lowest BCUT2D eigenvalue weighted by atomic mass is 10.2. The molecule has 3 aromatic rings. The molecular weight excluding hydrogens is 350 g/mol. The summed E-state index contributed by atoms with van der Waals surface area (Å²) >= 11 is 0. The molecule has 148 valence electrons. The normalized spacial score (nSPS) is 10.9. The van der Waals surface area contributed by atoms with Crippen molar-refractivity contribution in [1.29, 1.82) is 0 Å². The number of ether oxygens (including phenoxy) is 1. The highest BCUT2D eigenvalue weighted by molar-refractivity contribution is 5.76. The van der Waals surface area contributed by atoms with Crippen LogP contribution in [0.3, 0.4) is 0 Å². The molecule has 2 aromatic carbocycles. The first-order valence-electron chi connectivity index (χ1n) is 10.1. The van der Waals surface area contributed by atoms with Crippen molar-refractivity contribution in [2.24, 2.45) is 0 Å². The molecule has 5 nitrogen and oxygen atoms in total. The minimum atomic E-state index is 0.108. The van der Waals surface area contributed by atoms with Crippen LogP contribution in [0.15, 0.2) is 48.5 Å². The number of nitrogens with one attached hydrogen (secondary N) is 1. The standard InChI is InChI=1S/C23H29N3O2/c1-3-9-23(27)24-15-14-22-25-19-11-5-6-12-20(19)26(22)16-8-17-28-21-13-7-4-10-18(21)2/h4-7,10-13H,3,8-9,14-17H2,1-2H3,(H,24,27). The van der Waals surface area contributed by atoms with Gasteiger partial charge in [0.1, 0.15) is 11.6 Å². The Morgan fingerprint density at radius 2 is 1.93 bits per heavy atom. The van der Waals surface area contributed by atoms with Crippen LogP contribution in [0.4, 0.5) is 0 Å². The van der Waals surface area contributed by atoms with E-state index in [9.17, 15) is 4.79 Å². The molecule has 0 aliphatic carbocycles. The lowest BCUT2D eigenvalue weighted by Gasteiger charge is -2.12. The van der Waals surface area contributed by atoms with Crippen LogP contribution in [-0.4, -0.2) is 28.6 Å². The maximum absolute atomic E-state index is 11.7. The SMILES string of the molecule is CCCC(=O)NCCc1nc2ccccc2n1CCCOc1ccccc1C. The number of hydrogen-bond donors (Lipinski definition) is 1. The maximum Gasteiger partial charge on any atom is 0.219 e. The Hall–Kier alpha value is -2.82. The van der Waals surface area contributed by atoms with Crippen LogP contribution in [0.25, 0.3) is 11.0 Å². The number of carbonyl (C=O) groups excluding carboxylic acids is 1. The van der Waals surface area contributed by atoms with Crippen molar-refractivity contribution in [2.75, 3.05) is 13.2 Å². The zero-order valence-corrected chi connectivity index (χ0v) is 16.8. The van der Waals surface area contributed by atoms with E-state index in [-0.39, 0.29) is 5.91 Å². The van der Waals surface area contributed by atoms with E-state index in [0.717, 1.165) is 54.0 Å². The van der Waals surface area contributed by atoms with Crippen molar-refractivity contribution in [3.05, 3.63) is 59.9 Å². The molecule has 3 rings (SSSR count). The molecule has 0 atom stereocenters. The predicted molar refractivity (Wildman–Crippen MR) is 113 cm³/mol. The molecule has 5 heteroatoms. The van der Waals surface area contributed by atoms with Crippen LogP contribution in [0.5, 0.6) is 5.75 Å². The van der Waals surface area contributed by atoms with Gasteiger partial charge >= 0.3 is 0 Å². The Morgan fingerprint density at radius 1 is 1.14 bits per heavy atom. The average Bonchev–Trinajstić information content (AvgIpc) is 3.04. The van der Waals surface area contributed by atoms with Crippen LogP contribution in [-0.2, 0) is 17.8 Å². The Balaban J connectivity index is 1.62.